The van der Waals surface area contributed by atoms with Gasteiger partial charge in [0.2, 0.25) is 0 Å². The molecule has 0 unspecified atom stereocenters. The van der Waals surface area contributed by atoms with Crippen LogP contribution in [0.1, 0.15) is 24.2 Å². The summed E-state index contributed by atoms with van der Waals surface area (Å²) < 4.78 is 0.744. The molecule has 1 N–H and O–H groups in total. The van der Waals surface area contributed by atoms with Crippen molar-refractivity contribution >= 4 is 33.4 Å². The molecule has 0 fully saturated rings. The molecule has 0 radical (unpaired) electrons. The second-order valence-electron chi connectivity index (χ2n) is 4.31. The number of nitrogens with zero attached hydrogens (tertiary/aromatic N) is 1. The number of nitrogens with one attached hydrogen (secondary N) is 1. The number of amides is 1. The van der Waals surface area contributed by atoms with Crippen LogP contribution in [0.25, 0.3) is 0 Å². The maximum Gasteiger partial charge on any atom is 0.251 e. The molecule has 1 aromatic rings. The molecule has 0 atom stereocenters. The molecule has 0 saturated carbocycles. The molecule has 0 aromatic heterocycles. The lowest BCUT2D eigenvalue weighted by Crippen LogP contribution is -2.33. The van der Waals surface area contributed by atoms with Gasteiger partial charge < -0.3 is 5.32 Å². The van der Waals surface area contributed by atoms with Gasteiger partial charge in [0.15, 0.2) is 0 Å². The number of hydrogen-bond acceptors (Lipinski definition) is 2. The van der Waals surface area contributed by atoms with E-state index in [0.717, 1.165) is 4.47 Å². The first-order valence-electron chi connectivity index (χ1n) is 5.00. The minimum Gasteiger partial charge on any atom is -0.350 e. The van der Waals surface area contributed by atoms with Crippen LogP contribution >= 0.6 is 27.5 Å². The Hall–Kier alpha value is -1.05. The first-order chi connectivity index (χ1) is 7.85. The van der Waals surface area contributed by atoms with Crippen LogP contribution in [0.3, 0.4) is 0 Å². The largest absolute Gasteiger partial charge is 0.350 e. The van der Waals surface area contributed by atoms with Gasteiger partial charge in [-0.15, -0.1) is 0 Å². The lowest BCUT2D eigenvalue weighted by Gasteiger charge is -2.15. The van der Waals surface area contributed by atoms with Crippen molar-refractivity contribution in [2.45, 2.75) is 13.8 Å². The fourth-order valence-electron chi connectivity index (χ4n) is 1.08. The Labute approximate surface area is 114 Å². The summed E-state index contributed by atoms with van der Waals surface area (Å²) in [6, 6.07) is 7.09. The van der Waals surface area contributed by atoms with Crippen LogP contribution in [-0.4, -0.2) is 12.5 Å². The third-order valence-electron chi connectivity index (χ3n) is 2.18. The van der Waals surface area contributed by atoms with Gasteiger partial charge in [0, 0.05) is 16.6 Å². The van der Waals surface area contributed by atoms with Gasteiger partial charge >= 0.3 is 0 Å². The zero-order chi connectivity index (χ0) is 13.1. The molecule has 0 spiro atoms. The molecule has 1 rings (SSSR count). The Bertz CT molecular complexity index is 480. The summed E-state index contributed by atoms with van der Waals surface area (Å²) in [5.41, 5.74) is -0.0959. The lowest BCUT2D eigenvalue weighted by atomic mass is 9.96. The molecule has 1 amide bonds. The van der Waals surface area contributed by atoms with Crippen molar-refractivity contribution in [1.29, 1.82) is 5.26 Å². The third-order valence-corrected chi connectivity index (χ3v) is 3.41. The van der Waals surface area contributed by atoms with E-state index in [1.54, 1.807) is 32.0 Å². The summed E-state index contributed by atoms with van der Waals surface area (Å²) in [4.78, 5) is 11.8. The Kier molecular flexibility index (Phi) is 4.55. The summed E-state index contributed by atoms with van der Waals surface area (Å²) in [7, 11) is 0. The molecule has 17 heavy (non-hydrogen) atoms. The summed E-state index contributed by atoms with van der Waals surface area (Å²) in [6.07, 6.45) is 0. The van der Waals surface area contributed by atoms with E-state index < -0.39 is 5.41 Å². The topological polar surface area (TPSA) is 52.9 Å². The number of benzene rings is 1. The van der Waals surface area contributed by atoms with Gasteiger partial charge in [0.05, 0.1) is 16.5 Å². The first kappa shape index (κ1) is 14.0. The molecule has 1 aromatic carbocycles. The van der Waals surface area contributed by atoms with Gasteiger partial charge in [0.1, 0.15) is 0 Å². The van der Waals surface area contributed by atoms with Gasteiger partial charge in [-0.2, -0.15) is 5.26 Å². The third kappa shape index (κ3) is 4.03. The predicted molar refractivity (Wildman–Crippen MR) is 70.9 cm³/mol. The zero-order valence-corrected chi connectivity index (χ0v) is 11.9. The van der Waals surface area contributed by atoms with Gasteiger partial charge in [-0.1, -0.05) is 11.6 Å². The number of carbonyl (C=O) groups excluding carboxylic acids is 1. The maximum atomic E-state index is 11.8. The van der Waals surface area contributed by atoms with E-state index in [-0.39, 0.29) is 5.91 Å². The Balaban J connectivity index is 2.72. The van der Waals surface area contributed by atoms with Crippen LogP contribution in [0.2, 0.25) is 5.02 Å². The number of rotatable bonds is 3. The van der Waals surface area contributed by atoms with Crippen molar-refractivity contribution in [3.8, 4) is 6.07 Å². The van der Waals surface area contributed by atoms with Crippen LogP contribution in [0.5, 0.6) is 0 Å². The Morgan fingerprint density at radius 1 is 1.59 bits per heavy atom. The molecule has 0 saturated heterocycles. The second kappa shape index (κ2) is 5.52. The van der Waals surface area contributed by atoms with E-state index in [9.17, 15) is 4.79 Å². The molecule has 0 aliphatic carbocycles. The zero-order valence-electron chi connectivity index (χ0n) is 9.55. The highest BCUT2D eigenvalue weighted by Crippen LogP contribution is 2.23. The molecule has 0 heterocycles. The van der Waals surface area contributed by atoms with Crippen LogP contribution in [0.15, 0.2) is 22.7 Å². The van der Waals surface area contributed by atoms with Crippen LogP contribution < -0.4 is 5.32 Å². The standard InChI is InChI=1S/C12H12BrClN2O/c1-12(2,6-15)7-16-11(17)8-3-4-9(13)10(14)5-8/h3-5H,7H2,1-2H3,(H,16,17). The summed E-state index contributed by atoms with van der Waals surface area (Å²) in [5, 5.41) is 12.0. The summed E-state index contributed by atoms with van der Waals surface area (Å²) >= 11 is 9.15. The van der Waals surface area contributed by atoms with Crippen LogP contribution in [0.4, 0.5) is 0 Å². The fourth-order valence-corrected chi connectivity index (χ4v) is 1.51. The highest BCUT2D eigenvalue weighted by molar-refractivity contribution is 9.10. The molecule has 0 aliphatic rings. The minimum atomic E-state index is -0.575. The average molecular weight is 316 g/mol. The summed E-state index contributed by atoms with van der Waals surface area (Å²) in [6.45, 7) is 3.83. The first-order valence-corrected chi connectivity index (χ1v) is 6.17. The van der Waals surface area contributed by atoms with Crippen LogP contribution in [0, 0.1) is 16.7 Å². The van der Waals surface area contributed by atoms with Gasteiger partial charge in [0.25, 0.3) is 5.91 Å². The number of halogens is 2. The van der Waals surface area contributed by atoms with E-state index in [4.69, 9.17) is 16.9 Å². The van der Waals surface area contributed by atoms with E-state index in [2.05, 4.69) is 27.3 Å². The molecule has 0 bridgehead atoms. The number of hydrogen-bond donors (Lipinski definition) is 1. The highest BCUT2D eigenvalue weighted by Gasteiger charge is 2.18. The molecular formula is C12H12BrClN2O. The van der Waals surface area contributed by atoms with Crippen molar-refractivity contribution in [3.05, 3.63) is 33.3 Å². The minimum absolute atomic E-state index is 0.234. The molecular weight excluding hydrogens is 304 g/mol. The summed E-state index contributed by atoms with van der Waals surface area (Å²) in [5.74, 6) is -0.234. The normalized spacial score (nSPS) is 10.8. The second-order valence-corrected chi connectivity index (χ2v) is 5.57. The van der Waals surface area contributed by atoms with Gasteiger partial charge in [-0.05, 0) is 48.0 Å². The van der Waals surface area contributed by atoms with E-state index >= 15 is 0 Å². The van der Waals surface area contributed by atoms with Crippen molar-refractivity contribution in [1.82, 2.24) is 5.32 Å². The molecule has 0 aliphatic heterocycles. The SMILES string of the molecule is CC(C)(C#N)CNC(=O)c1ccc(Br)c(Cl)c1. The predicted octanol–water partition coefficient (Wildman–Crippen LogP) is 3.38. The van der Waals surface area contributed by atoms with Crippen molar-refractivity contribution < 1.29 is 4.79 Å². The fraction of sp³-hybridized carbons (Fsp3) is 0.333. The Morgan fingerprint density at radius 2 is 2.24 bits per heavy atom. The molecule has 90 valence electrons. The van der Waals surface area contributed by atoms with Crippen molar-refractivity contribution in [3.63, 3.8) is 0 Å². The maximum absolute atomic E-state index is 11.8. The van der Waals surface area contributed by atoms with E-state index in [1.807, 2.05) is 0 Å². The smallest absolute Gasteiger partial charge is 0.251 e. The Morgan fingerprint density at radius 3 is 2.76 bits per heavy atom. The van der Waals surface area contributed by atoms with Crippen molar-refractivity contribution in [2.75, 3.05) is 6.54 Å². The molecule has 5 heteroatoms. The number of carbonyl (C=O) groups is 1. The van der Waals surface area contributed by atoms with Gasteiger partial charge in [-0.25, -0.2) is 0 Å². The monoisotopic (exact) mass is 314 g/mol. The quantitative estimate of drug-likeness (QED) is 0.929. The highest BCUT2D eigenvalue weighted by atomic mass is 79.9. The van der Waals surface area contributed by atoms with Crippen molar-refractivity contribution in [2.24, 2.45) is 5.41 Å². The lowest BCUT2D eigenvalue weighted by molar-refractivity contribution is 0.0943. The molecule has 3 nitrogen and oxygen atoms in total. The number of nitriles is 1. The average Bonchev–Trinajstić information content (AvgIpc) is 2.30. The van der Waals surface area contributed by atoms with E-state index in [1.165, 1.54) is 0 Å². The van der Waals surface area contributed by atoms with Gasteiger partial charge in [-0.3, -0.25) is 4.79 Å². The van der Waals surface area contributed by atoms with E-state index in [0.29, 0.717) is 17.1 Å². The van der Waals surface area contributed by atoms with Crippen LogP contribution in [-0.2, 0) is 0 Å².